The van der Waals surface area contributed by atoms with Crippen molar-refractivity contribution in [2.24, 2.45) is 5.92 Å². The van der Waals surface area contributed by atoms with Gasteiger partial charge in [0.2, 0.25) is 0 Å². The van der Waals surface area contributed by atoms with E-state index in [-0.39, 0.29) is 12.0 Å². The molecule has 2 rings (SSSR count). The minimum atomic E-state index is -0.168. The first-order valence-electron chi connectivity index (χ1n) is 5.61. The number of carbonyl (C=O) groups excluding carboxylic acids is 1. The van der Waals surface area contributed by atoms with Gasteiger partial charge in [0.05, 0.1) is 6.10 Å². The first-order chi connectivity index (χ1) is 8.06. The Morgan fingerprint density at radius 3 is 2.94 bits per heavy atom. The highest BCUT2D eigenvalue weighted by Crippen LogP contribution is 2.27. The van der Waals surface area contributed by atoms with Crippen LogP contribution in [-0.4, -0.2) is 40.6 Å². The second kappa shape index (κ2) is 5.14. The molecule has 0 atom stereocenters. The highest BCUT2D eigenvalue weighted by molar-refractivity contribution is 9.10. The second-order valence-corrected chi connectivity index (χ2v) is 5.36. The zero-order valence-corrected chi connectivity index (χ0v) is 11.2. The fraction of sp³-hybridized carbons (Fsp3) is 0.500. The molecule has 1 amide bonds. The first kappa shape index (κ1) is 12.5. The molecule has 1 aliphatic rings. The molecule has 0 aromatic carbocycles. The molecular formula is C12H15BrN2O2. The van der Waals surface area contributed by atoms with Crippen LogP contribution < -0.4 is 0 Å². The lowest BCUT2D eigenvalue weighted by Crippen LogP contribution is -2.39. The summed E-state index contributed by atoms with van der Waals surface area (Å²) in [6, 6.07) is 3.42. The van der Waals surface area contributed by atoms with Gasteiger partial charge in [-0.15, -0.1) is 0 Å². The summed E-state index contributed by atoms with van der Waals surface area (Å²) in [5.41, 5.74) is 0.634. The van der Waals surface area contributed by atoms with Gasteiger partial charge in [-0.1, -0.05) is 0 Å². The van der Waals surface area contributed by atoms with E-state index in [9.17, 15) is 9.90 Å². The largest absolute Gasteiger partial charge is 0.393 e. The molecule has 1 saturated carbocycles. The average molecular weight is 299 g/mol. The molecule has 1 fully saturated rings. The third-order valence-corrected chi connectivity index (χ3v) is 3.50. The van der Waals surface area contributed by atoms with Gasteiger partial charge < -0.3 is 10.0 Å². The minimum absolute atomic E-state index is 0.00510. The van der Waals surface area contributed by atoms with E-state index in [2.05, 4.69) is 20.9 Å². The fourth-order valence-corrected chi connectivity index (χ4v) is 2.44. The Morgan fingerprint density at radius 2 is 2.35 bits per heavy atom. The number of hydrogen-bond donors (Lipinski definition) is 1. The molecule has 0 spiro atoms. The van der Waals surface area contributed by atoms with Crippen molar-refractivity contribution >= 4 is 21.8 Å². The molecular weight excluding hydrogens is 284 g/mol. The predicted molar refractivity (Wildman–Crippen MR) is 67.6 cm³/mol. The van der Waals surface area contributed by atoms with E-state index in [0.29, 0.717) is 22.6 Å². The summed E-state index contributed by atoms with van der Waals surface area (Å²) in [5, 5.41) is 9.21. The Balaban J connectivity index is 1.95. The number of pyridine rings is 1. The van der Waals surface area contributed by atoms with Gasteiger partial charge in [0.1, 0.15) is 4.60 Å². The van der Waals surface area contributed by atoms with Gasteiger partial charge in [-0.2, -0.15) is 0 Å². The number of aliphatic hydroxyl groups excluding tert-OH is 1. The van der Waals surface area contributed by atoms with Crippen LogP contribution in [-0.2, 0) is 0 Å². The number of aliphatic hydroxyl groups is 1. The van der Waals surface area contributed by atoms with Crippen LogP contribution in [0.2, 0.25) is 0 Å². The molecule has 0 radical (unpaired) electrons. The van der Waals surface area contributed by atoms with Crippen molar-refractivity contribution < 1.29 is 9.90 Å². The SMILES string of the molecule is CN(CC1CC(O)C1)C(=O)c1ccnc(Br)c1. The number of hydrogen-bond acceptors (Lipinski definition) is 3. The molecule has 17 heavy (non-hydrogen) atoms. The first-order valence-corrected chi connectivity index (χ1v) is 6.40. The van der Waals surface area contributed by atoms with Gasteiger partial charge >= 0.3 is 0 Å². The highest BCUT2D eigenvalue weighted by atomic mass is 79.9. The van der Waals surface area contributed by atoms with Gasteiger partial charge in [0.15, 0.2) is 0 Å². The Bertz CT molecular complexity index is 419. The van der Waals surface area contributed by atoms with E-state index >= 15 is 0 Å². The Morgan fingerprint density at radius 1 is 1.65 bits per heavy atom. The Labute approximate surface area is 109 Å². The van der Waals surface area contributed by atoms with Crippen LogP contribution in [0.3, 0.4) is 0 Å². The molecule has 0 bridgehead atoms. The van der Waals surface area contributed by atoms with Crippen molar-refractivity contribution in [2.45, 2.75) is 18.9 Å². The van der Waals surface area contributed by atoms with E-state index in [0.717, 1.165) is 12.8 Å². The summed E-state index contributed by atoms with van der Waals surface area (Å²) < 4.78 is 0.663. The van der Waals surface area contributed by atoms with Crippen LogP contribution in [0.4, 0.5) is 0 Å². The van der Waals surface area contributed by atoms with Gasteiger partial charge in [0, 0.05) is 25.4 Å². The number of halogens is 1. The summed E-state index contributed by atoms with van der Waals surface area (Å²) in [5.74, 6) is 0.429. The maximum absolute atomic E-state index is 12.1. The van der Waals surface area contributed by atoms with Gasteiger partial charge in [-0.3, -0.25) is 4.79 Å². The van der Waals surface area contributed by atoms with Crippen molar-refractivity contribution in [1.82, 2.24) is 9.88 Å². The van der Waals surface area contributed by atoms with E-state index in [1.54, 1.807) is 30.3 Å². The molecule has 1 heterocycles. The lowest BCUT2D eigenvalue weighted by molar-refractivity contribution is 0.0265. The number of rotatable bonds is 3. The van der Waals surface area contributed by atoms with Crippen molar-refractivity contribution in [3.05, 3.63) is 28.5 Å². The molecule has 5 heteroatoms. The smallest absolute Gasteiger partial charge is 0.253 e. The predicted octanol–water partition coefficient (Wildman–Crippen LogP) is 1.69. The number of nitrogens with zero attached hydrogens (tertiary/aromatic N) is 2. The highest BCUT2D eigenvalue weighted by Gasteiger charge is 2.29. The number of carbonyl (C=O) groups is 1. The van der Waals surface area contributed by atoms with Crippen molar-refractivity contribution in [3.8, 4) is 0 Å². The lowest BCUT2D eigenvalue weighted by Gasteiger charge is -2.34. The maximum Gasteiger partial charge on any atom is 0.253 e. The van der Waals surface area contributed by atoms with Gasteiger partial charge in [-0.25, -0.2) is 4.98 Å². The lowest BCUT2D eigenvalue weighted by atomic mass is 9.82. The van der Waals surface area contributed by atoms with Crippen LogP contribution in [0.15, 0.2) is 22.9 Å². The molecule has 0 saturated heterocycles. The molecule has 1 aromatic rings. The van der Waals surface area contributed by atoms with Gasteiger partial charge in [0.25, 0.3) is 5.91 Å². The third kappa shape index (κ3) is 3.04. The quantitative estimate of drug-likeness (QED) is 0.864. The normalized spacial score (nSPS) is 23.0. The van der Waals surface area contributed by atoms with Crippen molar-refractivity contribution in [3.63, 3.8) is 0 Å². The summed E-state index contributed by atoms with van der Waals surface area (Å²) in [6.07, 6.45) is 3.05. The van der Waals surface area contributed by atoms with E-state index in [4.69, 9.17) is 0 Å². The van der Waals surface area contributed by atoms with E-state index < -0.39 is 0 Å². The zero-order valence-electron chi connectivity index (χ0n) is 9.64. The summed E-state index contributed by atoms with van der Waals surface area (Å²) in [4.78, 5) is 17.8. The molecule has 1 aliphatic carbocycles. The summed E-state index contributed by atoms with van der Waals surface area (Å²) in [7, 11) is 1.79. The molecule has 1 aromatic heterocycles. The van der Waals surface area contributed by atoms with Crippen LogP contribution in [0.25, 0.3) is 0 Å². The fourth-order valence-electron chi connectivity index (χ4n) is 2.08. The third-order valence-electron chi connectivity index (χ3n) is 3.06. The molecule has 4 nitrogen and oxygen atoms in total. The Hall–Kier alpha value is -0.940. The zero-order chi connectivity index (χ0) is 12.4. The van der Waals surface area contributed by atoms with Crippen molar-refractivity contribution in [1.29, 1.82) is 0 Å². The maximum atomic E-state index is 12.1. The standard InChI is InChI=1S/C12H15BrN2O2/c1-15(7-8-4-10(16)5-8)12(17)9-2-3-14-11(13)6-9/h2-3,6,8,10,16H,4-5,7H2,1H3. The van der Waals surface area contributed by atoms with Gasteiger partial charge in [-0.05, 0) is 46.8 Å². The molecule has 0 unspecified atom stereocenters. The summed E-state index contributed by atoms with van der Waals surface area (Å²) >= 11 is 3.25. The molecule has 1 N–H and O–H groups in total. The Kier molecular flexibility index (Phi) is 3.79. The molecule has 92 valence electrons. The molecule has 0 aliphatic heterocycles. The second-order valence-electron chi connectivity index (χ2n) is 4.54. The van der Waals surface area contributed by atoms with Crippen LogP contribution in [0, 0.1) is 5.92 Å². The number of aromatic nitrogens is 1. The summed E-state index contributed by atoms with van der Waals surface area (Å²) in [6.45, 7) is 0.704. The average Bonchev–Trinajstić information content (AvgIpc) is 2.26. The van der Waals surface area contributed by atoms with E-state index in [1.807, 2.05) is 0 Å². The van der Waals surface area contributed by atoms with Crippen LogP contribution >= 0.6 is 15.9 Å². The topological polar surface area (TPSA) is 53.4 Å². The minimum Gasteiger partial charge on any atom is -0.393 e. The van der Waals surface area contributed by atoms with Crippen LogP contribution in [0.5, 0.6) is 0 Å². The van der Waals surface area contributed by atoms with Crippen molar-refractivity contribution in [2.75, 3.05) is 13.6 Å². The monoisotopic (exact) mass is 298 g/mol. The van der Waals surface area contributed by atoms with E-state index in [1.165, 1.54) is 0 Å². The number of amides is 1. The van der Waals surface area contributed by atoms with Crippen LogP contribution in [0.1, 0.15) is 23.2 Å².